The fraction of sp³-hybridized carbons (Fsp3) is 0.552. The van der Waals surface area contributed by atoms with E-state index >= 15 is 0 Å². The molecule has 37 heavy (non-hydrogen) atoms. The molecule has 5 rings (SSSR count). The van der Waals surface area contributed by atoms with Crippen LogP contribution in [0.15, 0.2) is 42.5 Å². The molecule has 8 heteroatoms. The first kappa shape index (κ1) is 26.0. The molecule has 0 radical (unpaired) electrons. The summed E-state index contributed by atoms with van der Waals surface area (Å²) in [5, 5.41) is 3.58. The Morgan fingerprint density at radius 1 is 1.08 bits per heavy atom. The van der Waals surface area contributed by atoms with E-state index in [1.165, 1.54) is 42.6 Å². The Labute approximate surface area is 217 Å². The Hall–Kier alpha value is -2.58. The molecule has 2 aromatic carbocycles. The minimum atomic E-state index is -4.46. The minimum Gasteiger partial charge on any atom is -0.371 e. The molecular weight excluding hydrogens is 477 g/mol. The van der Waals surface area contributed by atoms with Crippen LogP contribution in [-0.4, -0.2) is 66.4 Å². The van der Waals surface area contributed by atoms with Gasteiger partial charge in [0, 0.05) is 45.0 Å². The zero-order chi connectivity index (χ0) is 26.2. The Morgan fingerprint density at radius 3 is 2.51 bits per heavy atom. The third kappa shape index (κ3) is 6.12. The van der Waals surface area contributed by atoms with Gasteiger partial charge in [-0.05, 0) is 80.9 Å². The molecule has 0 spiro atoms. The van der Waals surface area contributed by atoms with E-state index in [1.807, 2.05) is 31.1 Å². The molecule has 1 amide bonds. The summed E-state index contributed by atoms with van der Waals surface area (Å²) < 4.78 is 41.0. The molecule has 1 heterocycles. The number of likely N-dealkylation sites (N-methyl/N-ethyl adjacent to an activating group) is 1. The monoisotopic (exact) mass is 514 g/mol. The number of fused-ring (bicyclic) bond motifs is 1. The van der Waals surface area contributed by atoms with Crippen LogP contribution in [0.1, 0.15) is 47.9 Å². The van der Waals surface area contributed by atoms with Gasteiger partial charge in [-0.15, -0.1) is 0 Å². The molecule has 2 aliphatic carbocycles. The maximum Gasteiger partial charge on any atom is 0.416 e. The molecule has 2 fully saturated rings. The number of halogens is 3. The van der Waals surface area contributed by atoms with Crippen LogP contribution in [0, 0.1) is 5.92 Å². The van der Waals surface area contributed by atoms with Gasteiger partial charge in [0.15, 0.2) is 0 Å². The van der Waals surface area contributed by atoms with E-state index in [0.717, 1.165) is 37.2 Å². The van der Waals surface area contributed by atoms with Gasteiger partial charge in [-0.3, -0.25) is 9.69 Å². The fourth-order valence-electron chi connectivity index (χ4n) is 5.40. The second kappa shape index (κ2) is 10.3. The highest BCUT2D eigenvalue weighted by Crippen LogP contribution is 2.43. The van der Waals surface area contributed by atoms with E-state index in [1.54, 1.807) is 11.0 Å². The van der Waals surface area contributed by atoms with E-state index in [0.29, 0.717) is 25.9 Å². The molecule has 1 N–H and O–H groups in total. The molecule has 5 nitrogen and oxygen atoms in total. The number of anilines is 1. The lowest BCUT2D eigenvalue weighted by Crippen LogP contribution is -2.47. The molecule has 2 aromatic rings. The highest BCUT2D eigenvalue weighted by molar-refractivity contribution is 5.93. The number of nitrogens with one attached hydrogen (secondary N) is 1. The summed E-state index contributed by atoms with van der Waals surface area (Å²) in [6.45, 7) is 4.00. The predicted octanol–water partition coefficient (Wildman–Crippen LogP) is 5.01. The van der Waals surface area contributed by atoms with Crippen molar-refractivity contribution < 1.29 is 18.0 Å². The Morgan fingerprint density at radius 2 is 1.84 bits per heavy atom. The third-order valence-corrected chi connectivity index (χ3v) is 7.88. The van der Waals surface area contributed by atoms with Crippen molar-refractivity contribution in [2.75, 3.05) is 45.6 Å². The van der Waals surface area contributed by atoms with Crippen LogP contribution < -0.4 is 5.32 Å². The molecule has 1 aliphatic heterocycles. The zero-order valence-corrected chi connectivity index (χ0v) is 21.8. The second-order valence-corrected chi connectivity index (χ2v) is 11.3. The van der Waals surface area contributed by atoms with E-state index in [-0.39, 0.29) is 18.0 Å². The van der Waals surface area contributed by atoms with Crippen molar-refractivity contribution in [1.29, 1.82) is 0 Å². The summed E-state index contributed by atoms with van der Waals surface area (Å²) in [4.78, 5) is 20.0. The molecule has 0 atom stereocenters. The van der Waals surface area contributed by atoms with E-state index in [2.05, 4.69) is 16.3 Å². The maximum absolute atomic E-state index is 13.9. The minimum absolute atomic E-state index is 0.0607. The van der Waals surface area contributed by atoms with E-state index in [9.17, 15) is 18.0 Å². The van der Waals surface area contributed by atoms with Crippen LogP contribution in [0.5, 0.6) is 0 Å². The molecule has 0 unspecified atom stereocenters. The third-order valence-electron chi connectivity index (χ3n) is 7.88. The topological polar surface area (TPSA) is 38.8 Å². The van der Waals surface area contributed by atoms with Crippen LogP contribution >= 0.6 is 0 Å². The van der Waals surface area contributed by atoms with Gasteiger partial charge >= 0.3 is 6.18 Å². The van der Waals surface area contributed by atoms with Crippen molar-refractivity contribution >= 4 is 11.6 Å². The van der Waals surface area contributed by atoms with Gasteiger partial charge < -0.3 is 15.1 Å². The number of nitrogens with zero attached hydrogens (tertiary/aromatic N) is 3. The lowest BCUT2D eigenvalue weighted by atomic mass is 9.96. The molecule has 3 aliphatic rings. The summed E-state index contributed by atoms with van der Waals surface area (Å²) in [5.41, 5.74) is 2.28. The quantitative estimate of drug-likeness (QED) is 0.484. The molecular formula is C29H37F3N4O. The van der Waals surface area contributed by atoms with Crippen LogP contribution in [0.3, 0.4) is 0 Å². The largest absolute Gasteiger partial charge is 0.416 e. The summed E-state index contributed by atoms with van der Waals surface area (Å²) in [6.07, 6.45) is 0.531. The van der Waals surface area contributed by atoms with Gasteiger partial charge in [0.25, 0.3) is 0 Å². The van der Waals surface area contributed by atoms with Crippen molar-refractivity contribution in [2.45, 2.75) is 56.9 Å². The number of alkyl halides is 3. The van der Waals surface area contributed by atoms with Crippen LogP contribution in [0.4, 0.5) is 18.9 Å². The lowest BCUT2D eigenvalue weighted by molar-refractivity contribution is -0.140. The number of carbonyl (C=O) groups excluding carboxylic acids is 1. The van der Waals surface area contributed by atoms with Gasteiger partial charge in [-0.2, -0.15) is 13.2 Å². The Balaban J connectivity index is 1.35. The standard InChI is InChI=1S/C29H37F3N4O/c1-34(2)16-17-36(20-23-6-3-4-8-25(23)29(30,31)32)27(37)28(13-14-28)33-26-9-5-7-22-19-35(15-12-24(22)26)18-21-10-11-21/h3-9,21,33H,10-20H2,1-2H3. The average Bonchev–Trinajstić information content (AvgIpc) is 3.79. The highest BCUT2D eigenvalue weighted by atomic mass is 19.4. The van der Waals surface area contributed by atoms with Crippen molar-refractivity contribution in [3.8, 4) is 0 Å². The zero-order valence-electron chi connectivity index (χ0n) is 21.8. The first-order valence-corrected chi connectivity index (χ1v) is 13.4. The molecule has 0 aromatic heterocycles. The lowest BCUT2D eigenvalue weighted by Gasteiger charge is -2.33. The first-order chi connectivity index (χ1) is 17.6. The number of benzene rings is 2. The molecule has 200 valence electrons. The first-order valence-electron chi connectivity index (χ1n) is 13.4. The SMILES string of the molecule is CN(C)CCN(Cc1ccccc1C(F)(F)F)C(=O)C1(Nc2cccc3c2CCN(CC2CC2)C3)CC1. The van der Waals surface area contributed by atoms with E-state index in [4.69, 9.17) is 0 Å². The fourth-order valence-corrected chi connectivity index (χ4v) is 5.40. The average molecular weight is 515 g/mol. The Kier molecular flexibility index (Phi) is 7.24. The molecule has 0 bridgehead atoms. The number of carbonyl (C=O) groups is 1. The highest BCUT2D eigenvalue weighted by Gasteiger charge is 2.52. The van der Waals surface area contributed by atoms with Crippen molar-refractivity contribution in [1.82, 2.24) is 14.7 Å². The number of hydrogen-bond donors (Lipinski definition) is 1. The molecule has 2 saturated carbocycles. The van der Waals surface area contributed by atoms with E-state index < -0.39 is 17.3 Å². The van der Waals surface area contributed by atoms with Gasteiger partial charge in [0.1, 0.15) is 5.54 Å². The summed E-state index contributed by atoms with van der Waals surface area (Å²) >= 11 is 0. The van der Waals surface area contributed by atoms with Crippen LogP contribution in [0.25, 0.3) is 0 Å². The van der Waals surface area contributed by atoms with Gasteiger partial charge in [0.05, 0.1) is 5.56 Å². The van der Waals surface area contributed by atoms with Crippen molar-refractivity contribution in [3.05, 3.63) is 64.7 Å². The second-order valence-electron chi connectivity index (χ2n) is 11.3. The van der Waals surface area contributed by atoms with Gasteiger partial charge in [-0.1, -0.05) is 30.3 Å². The number of hydrogen-bond acceptors (Lipinski definition) is 4. The Bertz CT molecular complexity index is 1120. The van der Waals surface area contributed by atoms with Gasteiger partial charge in [0.2, 0.25) is 5.91 Å². The summed E-state index contributed by atoms with van der Waals surface area (Å²) in [6, 6.07) is 11.8. The number of amides is 1. The summed E-state index contributed by atoms with van der Waals surface area (Å²) in [7, 11) is 3.81. The molecule has 0 saturated heterocycles. The van der Waals surface area contributed by atoms with Crippen LogP contribution in [-0.2, 0) is 30.5 Å². The number of rotatable bonds is 10. The summed E-state index contributed by atoms with van der Waals surface area (Å²) in [5.74, 6) is 0.737. The van der Waals surface area contributed by atoms with Crippen molar-refractivity contribution in [2.24, 2.45) is 5.92 Å². The predicted molar refractivity (Wildman–Crippen MR) is 139 cm³/mol. The van der Waals surface area contributed by atoms with Gasteiger partial charge in [-0.25, -0.2) is 0 Å². The van der Waals surface area contributed by atoms with Crippen LogP contribution in [0.2, 0.25) is 0 Å². The van der Waals surface area contributed by atoms with Crippen molar-refractivity contribution in [3.63, 3.8) is 0 Å². The smallest absolute Gasteiger partial charge is 0.371 e. The maximum atomic E-state index is 13.9. The normalized spacial score (nSPS) is 19.0.